The molecule has 0 bridgehead atoms. The molecule has 1 saturated carbocycles. The summed E-state index contributed by atoms with van der Waals surface area (Å²) < 4.78 is 0. The SMILES string of the molecule is CC(N)C(=O)Nc1cc2ccccc2c(C(=O)NC2CCCCC2)n1. The van der Waals surface area contributed by atoms with Crippen molar-refractivity contribution in [2.75, 3.05) is 5.32 Å². The van der Waals surface area contributed by atoms with Gasteiger partial charge in [-0.15, -0.1) is 0 Å². The van der Waals surface area contributed by atoms with Crippen molar-refractivity contribution in [2.45, 2.75) is 51.1 Å². The fourth-order valence-electron chi connectivity index (χ4n) is 3.18. The summed E-state index contributed by atoms with van der Waals surface area (Å²) in [6.07, 6.45) is 5.52. The van der Waals surface area contributed by atoms with E-state index in [2.05, 4.69) is 15.6 Å². The van der Waals surface area contributed by atoms with Crippen LogP contribution in [0.2, 0.25) is 0 Å². The van der Waals surface area contributed by atoms with Gasteiger partial charge in [0.15, 0.2) is 0 Å². The second-order valence-electron chi connectivity index (χ2n) is 6.66. The summed E-state index contributed by atoms with van der Waals surface area (Å²) >= 11 is 0. The highest BCUT2D eigenvalue weighted by molar-refractivity contribution is 6.07. The van der Waals surface area contributed by atoms with Gasteiger partial charge in [-0.3, -0.25) is 9.59 Å². The number of hydrogen-bond acceptors (Lipinski definition) is 4. The number of anilines is 1. The molecule has 6 heteroatoms. The maximum absolute atomic E-state index is 12.8. The van der Waals surface area contributed by atoms with Crippen molar-refractivity contribution < 1.29 is 9.59 Å². The van der Waals surface area contributed by atoms with E-state index in [1.807, 2.05) is 24.3 Å². The van der Waals surface area contributed by atoms with Gasteiger partial charge in [0, 0.05) is 11.4 Å². The summed E-state index contributed by atoms with van der Waals surface area (Å²) in [5.74, 6) is -0.184. The molecule has 1 aromatic heterocycles. The van der Waals surface area contributed by atoms with E-state index in [1.54, 1.807) is 13.0 Å². The first-order valence-electron chi connectivity index (χ1n) is 8.81. The van der Waals surface area contributed by atoms with Gasteiger partial charge in [-0.1, -0.05) is 43.5 Å². The zero-order chi connectivity index (χ0) is 17.8. The zero-order valence-corrected chi connectivity index (χ0v) is 14.4. The second-order valence-corrected chi connectivity index (χ2v) is 6.66. The largest absolute Gasteiger partial charge is 0.348 e. The molecule has 0 radical (unpaired) electrons. The minimum atomic E-state index is -0.646. The molecule has 1 unspecified atom stereocenters. The molecule has 0 aliphatic heterocycles. The summed E-state index contributed by atoms with van der Waals surface area (Å²) in [4.78, 5) is 29.0. The molecule has 1 heterocycles. The van der Waals surface area contributed by atoms with Crippen LogP contribution in [0.3, 0.4) is 0 Å². The molecule has 0 saturated heterocycles. The average molecular weight is 340 g/mol. The summed E-state index contributed by atoms with van der Waals surface area (Å²) in [5, 5.41) is 7.39. The van der Waals surface area contributed by atoms with E-state index in [0.717, 1.165) is 36.5 Å². The van der Waals surface area contributed by atoms with Crippen LogP contribution < -0.4 is 16.4 Å². The molecule has 2 amide bonds. The number of fused-ring (bicyclic) bond motifs is 1. The predicted molar refractivity (Wildman–Crippen MR) is 98.4 cm³/mol. The van der Waals surface area contributed by atoms with Crippen LogP contribution in [-0.2, 0) is 4.79 Å². The summed E-state index contributed by atoms with van der Waals surface area (Å²) in [7, 11) is 0. The Morgan fingerprint density at radius 3 is 2.64 bits per heavy atom. The van der Waals surface area contributed by atoms with Crippen LogP contribution >= 0.6 is 0 Å². The normalized spacial score (nSPS) is 16.4. The average Bonchev–Trinajstić information content (AvgIpc) is 2.61. The maximum atomic E-state index is 12.8. The van der Waals surface area contributed by atoms with Crippen LogP contribution in [0.25, 0.3) is 10.8 Å². The lowest BCUT2D eigenvalue weighted by Gasteiger charge is -2.23. The Bertz CT molecular complexity index is 782. The van der Waals surface area contributed by atoms with E-state index in [4.69, 9.17) is 5.73 Å². The van der Waals surface area contributed by atoms with Crippen molar-refractivity contribution in [2.24, 2.45) is 5.73 Å². The van der Waals surface area contributed by atoms with Crippen LogP contribution in [-0.4, -0.2) is 28.9 Å². The smallest absolute Gasteiger partial charge is 0.270 e. The van der Waals surface area contributed by atoms with Crippen molar-refractivity contribution >= 4 is 28.4 Å². The van der Waals surface area contributed by atoms with Crippen LogP contribution in [0.1, 0.15) is 49.5 Å². The van der Waals surface area contributed by atoms with E-state index in [1.165, 1.54) is 6.42 Å². The molecule has 132 valence electrons. The van der Waals surface area contributed by atoms with Gasteiger partial charge >= 0.3 is 0 Å². The summed E-state index contributed by atoms with van der Waals surface area (Å²) in [6, 6.07) is 8.85. The van der Waals surface area contributed by atoms with Crippen molar-refractivity contribution in [1.29, 1.82) is 0 Å². The lowest BCUT2D eigenvalue weighted by molar-refractivity contribution is -0.117. The molecule has 1 aromatic carbocycles. The van der Waals surface area contributed by atoms with E-state index in [-0.39, 0.29) is 17.9 Å². The van der Waals surface area contributed by atoms with Gasteiger partial charge in [-0.2, -0.15) is 0 Å². The highest BCUT2D eigenvalue weighted by Gasteiger charge is 2.20. The number of nitrogens with zero attached hydrogens (tertiary/aromatic N) is 1. The van der Waals surface area contributed by atoms with Crippen molar-refractivity contribution in [3.63, 3.8) is 0 Å². The third-order valence-corrected chi connectivity index (χ3v) is 4.56. The predicted octanol–water partition coefficient (Wildman–Crippen LogP) is 2.58. The van der Waals surface area contributed by atoms with Gasteiger partial charge in [0.05, 0.1) is 6.04 Å². The number of carbonyl (C=O) groups is 2. The second kappa shape index (κ2) is 7.61. The van der Waals surface area contributed by atoms with Crippen LogP contribution in [0.5, 0.6) is 0 Å². The van der Waals surface area contributed by atoms with Gasteiger partial charge in [-0.25, -0.2) is 4.98 Å². The molecule has 4 N–H and O–H groups in total. The Labute approximate surface area is 147 Å². The number of hydrogen-bond donors (Lipinski definition) is 3. The van der Waals surface area contributed by atoms with Gasteiger partial charge in [-0.05, 0) is 31.2 Å². The Morgan fingerprint density at radius 2 is 1.92 bits per heavy atom. The number of aromatic nitrogens is 1. The highest BCUT2D eigenvalue weighted by Crippen LogP contribution is 2.23. The number of nitrogens with two attached hydrogens (primary N) is 1. The maximum Gasteiger partial charge on any atom is 0.270 e. The Morgan fingerprint density at radius 1 is 1.20 bits per heavy atom. The van der Waals surface area contributed by atoms with Crippen molar-refractivity contribution in [3.05, 3.63) is 36.0 Å². The van der Waals surface area contributed by atoms with E-state index >= 15 is 0 Å². The first-order chi connectivity index (χ1) is 12.0. The topological polar surface area (TPSA) is 97.1 Å². The van der Waals surface area contributed by atoms with E-state index in [0.29, 0.717) is 11.5 Å². The molecule has 1 aliphatic rings. The number of amides is 2. The minimum Gasteiger partial charge on any atom is -0.348 e. The standard InChI is InChI=1S/C19H24N4O2/c1-12(20)18(24)23-16-11-13-7-5-6-10-15(13)17(22-16)19(25)21-14-8-3-2-4-9-14/h5-7,10-12,14H,2-4,8-9,20H2,1H3,(H,21,25)(H,22,23,24). The molecule has 6 nitrogen and oxygen atoms in total. The fraction of sp³-hybridized carbons (Fsp3) is 0.421. The van der Waals surface area contributed by atoms with Gasteiger partial charge in [0.2, 0.25) is 5.91 Å². The Kier molecular flexibility index (Phi) is 5.28. The zero-order valence-electron chi connectivity index (χ0n) is 14.4. The summed E-state index contributed by atoms with van der Waals surface area (Å²) in [6.45, 7) is 1.60. The minimum absolute atomic E-state index is 0.194. The van der Waals surface area contributed by atoms with Gasteiger partial charge in [0.1, 0.15) is 11.5 Å². The Balaban J connectivity index is 1.91. The molecule has 1 fully saturated rings. The number of carbonyl (C=O) groups excluding carboxylic acids is 2. The third-order valence-electron chi connectivity index (χ3n) is 4.56. The Hall–Kier alpha value is -2.47. The third kappa shape index (κ3) is 4.14. The number of benzene rings is 1. The first kappa shape index (κ1) is 17.4. The number of rotatable bonds is 4. The van der Waals surface area contributed by atoms with Crippen LogP contribution in [0.15, 0.2) is 30.3 Å². The van der Waals surface area contributed by atoms with Crippen LogP contribution in [0, 0.1) is 0 Å². The highest BCUT2D eigenvalue weighted by atomic mass is 16.2. The first-order valence-corrected chi connectivity index (χ1v) is 8.81. The van der Waals surface area contributed by atoms with Crippen molar-refractivity contribution in [1.82, 2.24) is 10.3 Å². The number of nitrogens with one attached hydrogen (secondary N) is 2. The molecular weight excluding hydrogens is 316 g/mol. The summed E-state index contributed by atoms with van der Waals surface area (Å²) in [5.41, 5.74) is 5.94. The molecule has 1 aliphatic carbocycles. The lowest BCUT2D eigenvalue weighted by atomic mass is 9.95. The fourth-order valence-corrected chi connectivity index (χ4v) is 3.18. The molecule has 0 spiro atoms. The number of pyridine rings is 1. The molecule has 2 aromatic rings. The molecular formula is C19H24N4O2. The quantitative estimate of drug-likeness (QED) is 0.797. The molecule has 25 heavy (non-hydrogen) atoms. The van der Waals surface area contributed by atoms with Gasteiger partial charge < -0.3 is 16.4 Å². The molecule has 3 rings (SSSR count). The van der Waals surface area contributed by atoms with Crippen molar-refractivity contribution in [3.8, 4) is 0 Å². The lowest BCUT2D eigenvalue weighted by Crippen LogP contribution is -2.37. The monoisotopic (exact) mass is 340 g/mol. The molecule has 1 atom stereocenters. The van der Waals surface area contributed by atoms with Gasteiger partial charge in [0.25, 0.3) is 5.91 Å². The van der Waals surface area contributed by atoms with Crippen LogP contribution in [0.4, 0.5) is 5.82 Å². The van der Waals surface area contributed by atoms with E-state index in [9.17, 15) is 9.59 Å². The van der Waals surface area contributed by atoms with E-state index < -0.39 is 6.04 Å².